The second kappa shape index (κ2) is 9.83. The molecule has 4 heteroatoms. The normalized spacial score (nSPS) is 10.4. The average molecular weight is 424 g/mol. The van der Waals surface area contributed by atoms with Crippen LogP contribution in [0, 0.1) is 6.92 Å². The van der Waals surface area contributed by atoms with Crippen LogP contribution in [0.5, 0.6) is 5.75 Å². The van der Waals surface area contributed by atoms with Crippen molar-refractivity contribution in [2.24, 2.45) is 0 Å². The smallest absolute Gasteiger partial charge is 0.227 e. The fourth-order valence-electron chi connectivity index (χ4n) is 2.81. The van der Waals surface area contributed by atoms with Crippen LogP contribution in [0.1, 0.15) is 27.2 Å². The summed E-state index contributed by atoms with van der Waals surface area (Å²) in [6.07, 6.45) is 6.07. The summed E-state index contributed by atoms with van der Waals surface area (Å²) >= 11 is 0. The summed E-state index contributed by atoms with van der Waals surface area (Å²) in [4.78, 5) is 12.7. The summed E-state index contributed by atoms with van der Waals surface area (Å²) in [5.41, 5.74) is 3.96. The molecule has 0 aliphatic heterocycles. The largest absolute Gasteiger partial charge is 1.00 e. The number of hydrogen-bond acceptors (Lipinski definition) is 2. The Morgan fingerprint density at radius 3 is 2.33 bits per heavy atom. The highest BCUT2D eigenvalue weighted by atomic mass is 79.9. The van der Waals surface area contributed by atoms with Gasteiger partial charge >= 0.3 is 0 Å². The summed E-state index contributed by atoms with van der Waals surface area (Å²) in [5, 5.41) is 0. The van der Waals surface area contributed by atoms with Gasteiger partial charge < -0.3 is 21.7 Å². The SMILES string of the molecule is COc1ccc(C(=O)C[n+]2cccc(C)c2/C=C/c2ccccc2)cc1.[Br-]. The molecule has 3 aromatic rings. The van der Waals surface area contributed by atoms with Crippen LogP contribution in [0.3, 0.4) is 0 Å². The second-order valence-electron chi connectivity index (χ2n) is 6.10. The van der Waals surface area contributed by atoms with Crippen LogP contribution >= 0.6 is 0 Å². The number of rotatable bonds is 6. The number of ketones is 1. The predicted octanol–water partition coefficient (Wildman–Crippen LogP) is 1.35. The van der Waals surface area contributed by atoms with E-state index in [2.05, 4.69) is 37.3 Å². The van der Waals surface area contributed by atoms with Gasteiger partial charge in [-0.05, 0) is 48.9 Å². The molecular formula is C23H22BrNO2. The lowest BCUT2D eigenvalue weighted by molar-refractivity contribution is -0.685. The molecule has 0 fully saturated rings. The van der Waals surface area contributed by atoms with Crippen molar-refractivity contribution in [2.45, 2.75) is 13.5 Å². The number of pyridine rings is 1. The van der Waals surface area contributed by atoms with Crippen molar-refractivity contribution in [1.29, 1.82) is 0 Å². The molecule has 0 N–H and O–H groups in total. The minimum Gasteiger partial charge on any atom is -1.00 e. The van der Waals surface area contributed by atoms with Crippen LogP contribution < -0.4 is 26.3 Å². The maximum atomic E-state index is 12.7. The van der Waals surface area contributed by atoms with Gasteiger partial charge in [-0.3, -0.25) is 4.79 Å². The molecule has 0 amide bonds. The number of carbonyl (C=O) groups excluding carboxylic acids is 1. The Balaban J connectivity index is 0.00000261. The number of methoxy groups -OCH3 is 1. The molecule has 2 aromatic carbocycles. The molecule has 1 aromatic heterocycles. The highest BCUT2D eigenvalue weighted by Crippen LogP contribution is 2.13. The first-order chi connectivity index (χ1) is 12.7. The van der Waals surface area contributed by atoms with E-state index in [-0.39, 0.29) is 22.8 Å². The maximum Gasteiger partial charge on any atom is 0.227 e. The van der Waals surface area contributed by atoms with Gasteiger partial charge in [0.25, 0.3) is 0 Å². The van der Waals surface area contributed by atoms with E-state index in [1.165, 1.54) is 0 Å². The number of hydrogen-bond donors (Lipinski definition) is 0. The Hall–Kier alpha value is -2.72. The number of benzene rings is 2. The number of aryl methyl sites for hydroxylation is 1. The van der Waals surface area contributed by atoms with Crippen LogP contribution in [0.2, 0.25) is 0 Å². The molecule has 0 aliphatic carbocycles. The molecule has 0 unspecified atom stereocenters. The molecule has 138 valence electrons. The zero-order chi connectivity index (χ0) is 18.4. The first-order valence-electron chi connectivity index (χ1n) is 8.57. The fraction of sp³-hybridized carbons (Fsp3) is 0.130. The number of aromatic nitrogens is 1. The van der Waals surface area contributed by atoms with Crippen LogP contribution in [-0.2, 0) is 6.54 Å². The van der Waals surface area contributed by atoms with Crippen molar-refractivity contribution < 1.29 is 31.1 Å². The van der Waals surface area contributed by atoms with Crippen LogP contribution in [0.15, 0.2) is 72.9 Å². The van der Waals surface area contributed by atoms with Crippen molar-refractivity contribution in [3.8, 4) is 5.75 Å². The molecule has 0 saturated heterocycles. The van der Waals surface area contributed by atoms with E-state index in [1.54, 1.807) is 19.2 Å². The minimum atomic E-state index is 0. The van der Waals surface area contributed by atoms with Crippen LogP contribution in [-0.4, -0.2) is 12.9 Å². The van der Waals surface area contributed by atoms with Gasteiger partial charge in [-0.25, -0.2) is 0 Å². The quantitative estimate of drug-likeness (QED) is 0.442. The fourth-order valence-corrected chi connectivity index (χ4v) is 2.81. The average Bonchev–Trinajstić information content (AvgIpc) is 2.68. The third-order valence-electron chi connectivity index (χ3n) is 4.28. The Morgan fingerprint density at radius 2 is 1.67 bits per heavy atom. The molecule has 27 heavy (non-hydrogen) atoms. The highest BCUT2D eigenvalue weighted by molar-refractivity contribution is 5.95. The monoisotopic (exact) mass is 423 g/mol. The summed E-state index contributed by atoms with van der Waals surface area (Å²) < 4.78 is 7.14. The number of Topliss-reactive ketones (excluding diaryl/α,β-unsaturated/α-hetero) is 1. The lowest BCUT2D eigenvalue weighted by Gasteiger charge is -2.05. The van der Waals surface area contributed by atoms with Crippen LogP contribution in [0.4, 0.5) is 0 Å². The van der Waals surface area contributed by atoms with E-state index in [0.717, 1.165) is 22.6 Å². The van der Waals surface area contributed by atoms with Gasteiger partial charge in [0.2, 0.25) is 18.0 Å². The van der Waals surface area contributed by atoms with Gasteiger partial charge in [-0.15, -0.1) is 0 Å². The molecule has 0 bridgehead atoms. The predicted molar refractivity (Wildman–Crippen MR) is 104 cm³/mol. The van der Waals surface area contributed by atoms with Gasteiger partial charge in [0.15, 0.2) is 6.20 Å². The Labute approximate surface area is 170 Å². The van der Waals surface area contributed by atoms with E-state index in [4.69, 9.17) is 4.74 Å². The number of nitrogens with zero attached hydrogens (tertiary/aromatic N) is 1. The van der Waals surface area contributed by atoms with Crippen molar-refractivity contribution in [3.63, 3.8) is 0 Å². The summed E-state index contributed by atoms with van der Waals surface area (Å²) in [7, 11) is 1.62. The van der Waals surface area contributed by atoms with Gasteiger partial charge in [0.05, 0.1) is 7.11 Å². The van der Waals surface area contributed by atoms with Gasteiger partial charge in [0, 0.05) is 23.3 Å². The number of ether oxygens (including phenoxy) is 1. The zero-order valence-electron chi connectivity index (χ0n) is 15.4. The van der Waals surface area contributed by atoms with Gasteiger partial charge in [-0.1, -0.05) is 30.3 Å². The van der Waals surface area contributed by atoms with E-state index in [0.29, 0.717) is 12.1 Å². The number of halogens is 1. The van der Waals surface area contributed by atoms with Crippen LogP contribution in [0.25, 0.3) is 12.2 Å². The van der Waals surface area contributed by atoms with E-state index in [1.807, 2.05) is 47.2 Å². The molecule has 0 atom stereocenters. The maximum absolute atomic E-state index is 12.7. The van der Waals surface area contributed by atoms with E-state index < -0.39 is 0 Å². The van der Waals surface area contributed by atoms with Crippen molar-refractivity contribution in [1.82, 2.24) is 0 Å². The minimum absolute atomic E-state index is 0. The third kappa shape index (κ3) is 5.38. The third-order valence-corrected chi connectivity index (χ3v) is 4.28. The lowest BCUT2D eigenvalue weighted by atomic mass is 10.1. The van der Waals surface area contributed by atoms with Crippen molar-refractivity contribution >= 4 is 17.9 Å². The highest BCUT2D eigenvalue weighted by Gasteiger charge is 2.16. The molecule has 0 saturated carbocycles. The lowest BCUT2D eigenvalue weighted by Crippen LogP contribution is -3.00. The zero-order valence-corrected chi connectivity index (χ0v) is 17.0. The van der Waals surface area contributed by atoms with E-state index in [9.17, 15) is 4.79 Å². The molecule has 3 nitrogen and oxygen atoms in total. The Kier molecular flexibility index (Phi) is 7.50. The van der Waals surface area contributed by atoms with E-state index >= 15 is 0 Å². The molecule has 3 rings (SSSR count). The van der Waals surface area contributed by atoms with Crippen molar-refractivity contribution in [2.75, 3.05) is 7.11 Å². The summed E-state index contributed by atoms with van der Waals surface area (Å²) in [6.45, 7) is 2.35. The Bertz CT molecular complexity index is 919. The first kappa shape index (κ1) is 20.6. The second-order valence-corrected chi connectivity index (χ2v) is 6.10. The van der Waals surface area contributed by atoms with Gasteiger partial charge in [-0.2, -0.15) is 4.57 Å². The topological polar surface area (TPSA) is 30.2 Å². The number of carbonyl (C=O) groups is 1. The Morgan fingerprint density at radius 1 is 0.963 bits per heavy atom. The summed E-state index contributed by atoms with van der Waals surface area (Å²) in [5.74, 6) is 0.814. The molecule has 0 aliphatic rings. The molecular weight excluding hydrogens is 402 g/mol. The van der Waals surface area contributed by atoms with Gasteiger partial charge in [0.1, 0.15) is 5.75 Å². The molecule has 1 heterocycles. The molecule has 0 spiro atoms. The first-order valence-corrected chi connectivity index (χ1v) is 8.57. The standard InChI is InChI=1S/C23H22NO2.BrH/c1-18-7-6-16-24(22(18)15-10-19-8-4-3-5-9-19)17-23(25)20-11-13-21(26-2)14-12-20;/h3-16H,17H2,1-2H3;1H/q+1;/p-1/b15-10+;. The summed E-state index contributed by atoms with van der Waals surface area (Å²) in [6, 6.07) is 21.4. The molecule has 0 radical (unpaired) electrons. The van der Waals surface area contributed by atoms with Crippen molar-refractivity contribution in [3.05, 3.63) is 95.3 Å².